The summed E-state index contributed by atoms with van der Waals surface area (Å²) in [5.74, 6) is -0.296. The van der Waals surface area contributed by atoms with Crippen LogP contribution < -0.4 is 10.0 Å². The summed E-state index contributed by atoms with van der Waals surface area (Å²) in [6.07, 6.45) is 0.720. The van der Waals surface area contributed by atoms with Gasteiger partial charge in [0.1, 0.15) is 0 Å². The predicted octanol–water partition coefficient (Wildman–Crippen LogP) is 4.61. The van der Waals surface area contributed by atoms with Gasteiger partial charge in [0.05, 0.1) is 10.6 Å². The molecule has 0 aliphatic heterocycles. The molecule has 0 bridgehead atoms. The fraction of sp³-hybridized carbons (Fsp3) is 0.136. The zero-order valence-electron chi connectivity index (χ0n) is 15.8. The number of amides is 1. The quantitative estimate of drug-likeness (QED) is 0.641. The van der Waals surface area contributed by atoms with Crippen LogP contribution in [0.1, 0.15) is 28.4 Å². The van der Waals surface area contributed by atoms with Gasteiger partial charge < -0.3 is 5.32 Å². The first-order valence-corrected chi connectivity index (χ1v) is 10.5. The molecule has 0 atom stereocenters. The summed E-state index contributed by atoms with van der Waals surface area (Å²) in [6.45, 7) is 3.85. The maximum absolute atomic E-state index is 12.8. The highest BCUT2D eigenvalue weighted by Gasteiger charge is 2.18. The largest absolute Gasteiger partial charge is 0.322 e. The maximum Gasteiger partial charge on any atom is 0.261 e. The Morgan fingerprint density at radius 2 is 1.57 bits per heavy atom. The minimum absolute atomic E-state index is 0.106. The highest BCUT2D eigenvalue weighted by molar-refractivity contribution is 7.92. The van der Waals surface area contributed by atoms with Gasteiger partial charge >= 0.3 is 0 Å². The van der Waals surface area contributed by atoms with E-state index >= 15 is 0 Å². The van der Waals surface area contributed by atoms with Crippen molar-refractivity contribution < 1.29 is 13.2 Å². The summed E-state index contributed by atoms with van der Waals surface area (Å²) < 4.78 is 28.2. The Labute approximate surface area is 165 Å². The van der Waals surface area contributed by atoms with Gasteiger partial charge in [-0.3, -0.25) is 9.52 Å². The van der Waals surface area contributed by atoms with E-state index in [1.807, 2.05) is 50.2 Å². The number of hydrogen-bond donors (Lipinski definition) is 2. The Morgan fingerprint density at radius 3 is 2.21 bits per heavy atom. The van der Waals surface area contributed by atoms with Gasteiger partial charge in [-0.2, -0.15) is 0 Å². The van der Waals surface area contributed by atoms with Crippen molar-refractivity contribution in [3.05, 3.63) is 89.5 Å². The van der Waals surface area contributed by atoms with Gasteiger partial charge in [0, 0.05) is 11.3 Å². The van der Waals surface area contributed by atoms with Crippen molar-refractivity contribution in [1.29, 1.82) is 0 Å². The number of sulfonamides is 1. The lowest BCUT2D eigenvalue weighted by Gasteiger charge is -2.14. The third-order valence-electron chi connectivity index (χ3n) is 4.43. The molecule has 0 aliphatic carbocycles. The van der Waals surface area contributed by atoms with Gasteiger partial charge in [0.15, 0.2) is 0 Å². The molecule has 0 saturated heterocycles. The van der Waals surface area contributed by atoms with E-state index in [-0.39, 0.29) is 10.8 Å². The molecule has 3 aromatic carbocycles. The molecule has 28 heavy (non-hydrogen) atoms. The van der Waals surface area contributed by atoms with Gasteiger partial charge in [-0.05, 0) is 60.9 Å². The van der Waals surface area contributed by atoms with Crippen LogP contribution in [0.15, 0.2) is 77.7 Å². The summed E-state index contributed by atoms with van der Waals surface area (Å²) in [7, 11) is -3.75. The standard InChI is InChI=1S/C22H22N2O3S/c1-3-17-9-7-8-16(2)21(17)24-28(26,27)20-14-12-18(13-15-20)22(25)23-19-10-5-4-6-11-19/h4-15,24H,3H2,1-2H3,(H,23,25). The zero-order chi connectivity index (χ0) is 20.1. The third-order valence-corrected chi connectivity index (χ3v) is 5.80. The second-order valence-corrected chi connectivity index (χ2v) is 8.10. The molecule has 0 radical (unpaired) electrons. The van der Waals surface area contributed by atoms with Crippen LogP contribution in [0.5, 0.6) is 0 Å². The number of benzene rings is 3. The van der Waals surface area contributed by atoms with Crippen LogP contribution in [0.4, 0.5) is 11.4 Å². The molecule has 0 heterocycles. The lowest BCUT2D eigenvalue weighted by Crippen LogP contribution is -2.16. The van der Waals surface area contributed by atoms with Crippen molar-refractivity contribution in [3.63, 3.8) is 0 Å². The predicted molar refractivity (Wildman–Crippen MR) is 112 cm³/mol. The van der Waals surface area contributed by atoms with Crippen LogP contribution >= 0.6 is 0 Å². The smallest absolute Gasteiger partial charge is 0.261 e. The Hall–Kier alpha value is -3.12. The molecule has 2 N–H and O–H groups in total. The van der Waals surface area contributed by atoms with Crippen LogP contribution in [-0.4, -0.2) is 14.3 Å². The SMILES string of the molecule is CCc1cccc(C)c1NS(=O)(=O)c1ccc(C(=O)Nc2ccccc2)cc1. The van der Waals surface area contributed by atoms with Crippen molar-refractivity contribution in [2.45, 2.75) is 25.2 Å². The van der Waals surface area contributed by atoms with Crippen LogP contribution in [0, 0.1) is 6.92 Å². The fourth-order valence-electron chi connectivity index (χ4n) is 2.87. The van der Waals surface area contributed by atoms with Crippen molar-refractivity contribution in [3.8, 4) is 0 Å². The molecule has 1 amide bonds. The number of nitrogens with one attached hydrogen (secondary N) is 2. The molecule has 5 nitrogen and oxygen atoms in total. The topological polar surface area (TPSA) is 75.3 Å². The Bertz CT molecular complexity index is 1080. The molecular formula is C22H22N2O3S. The number of carbonyl (C=O) groups is 1. The lowest BCUT2D eigenvalue weighted by molar-refractivity contribution is 0.102. The van der Waals surface area contributed by atoms with E-state index in [2.05, 4.69) is 10.0 Å². The van der Waals surface area contributed by atoms with Gasteiger partial charge in [0.2, 0.25) is 0 Å². The summed E-state index contributed by atoms with van der Waals surface area (Å²) >= 11 is 0. The third kappa shape index (κ3) is 4.40. The Kier molecular flexibility index (Phi) is 5.80. The molecule has 144 valence electrons. The minimum atomic E-state index is -3.75. The molecular weight excluding hydrogens is 372 g/mol. The number of anilines is 2. The first-order valence-electron chi connectivity index (χ1n) is 8.98. The molecule has 0 spiro atoms. The zero-order valence-corrected chi connectivity index (χ0v) is 16.6. The van der Waals surface area contributed by atoms with Gasteiger partial charge in [-0.15, -0.1) is 0 Å². The molecule has 0 saturated carbocycles. The second-order valence-electron chi connectivity index (χ2n) is 6.41. The second kappa shape index (κ2) is 8.27. The monoisotopic (exact) mass is 394 g/mol. The number of carbonyl (C=O) groups excluding carboxylic acids is 1. The Balaban J connectivity index is 1.80. The van der Waals surface area contributed by atoms with E-state index in [9.17, 15) is 13.2 Å². The van der Waals surface area contributed by atoms with E-state index < -0.39 is 10.0 Å². The van der Waals surface area contributed by atoms with E-state index in [4.69, 9.17) is 0 Å². The van der Waals surface area contributed by atoms with Crippen molar-refractivity contribution in [1.82, 2.24) is 0 Å². The molecule has 0 unspecified atom stereocenters. The van der Waals surface area contributed by atoms with Crippen molar-refractivity contribution >= 4 is 27.3 Å². The van der Waals surface area contributed by atoms with E-state index in [0.717, 1.165) is 17.5 Å². The molecule has 0 fully saturated rings. The van der Waals surface area contributed by atoms with Crippen molar-refractivity contribution in [2.75, 3.05) is 10.0 Å². The minimum Gasteiger partial charge on any atom is -0.322 e. The first-order chi connectivity index (χ1) is 13.4. The average Bonchev–Trinajstić information content (AvgIpc) is 2.70. The first kappa shape index (κ1) is 19.6. The maximum atomic E-state index is 12.8. The number of rotatable bonds is 6. The van der Waals surface area contributed by atoms with Gasteiger partial charge in [-0.25, -0.2) is 8.42 Å². The summed E-state index contributed by atoms with van der Waals surface area (Å²) in [6, 6.07) is 20.7. The highest BCUT2D eigenvalue weighted by atomic mass is 32.2. The van der Waals surface area contributed by atoms with Crippen molar-refractivity contribution in [2.24, 2.45) is 0 Å². The van der Waals surface area contributed by atoms with E-state index in [1.165, 1.54) is 24.3 Å². The van der Waals surface area contributed by atoms with Gasteiger partial charge in [0.25, 0.3) is 15.9 Å². The summed E-state index contributed by atoms with van der Waals surface area (Å²) in [4.78, 5) is 12.4. The van der Waals surface area contributed by atoms with E-state index in [1.54, 1.807) is 12.1 Å². The fourth-order valence-corrected chi connectivity index (χ4v) is 4.05. The van der Waals surface area contributed by atoms with Crippen LogP contribution in [-0.2, 0) is 16.4 Å². The van der Waals surface area contributed by atoms with Crippen LogP contribution in [0.3, 0.4) is 0 Å². The number of aryl methyl sites for hydroxylation is 2. The van der Waals surface area contributed by atoms with Gasteiger partial charge in [-0.1, -0.05) is 43.3 Å². The van der Waals surface area contributed by atoms with Crippen LogP contribution in [0.25, 0.3) is 0 Å². The molecule has 6 heteroatoms. The normalized spacial score (nSPS) is 11.1. The summed E-state index contributed by atoms with van der Waals surface area (Å²) in [5, 5.41) is 2.77. The molecule has 0 aliphatic rings. The van der Waals surface area contributed by atoms with Crippen LogP contribution in [0.2, 0.25) is 0 Å². The van der Waals surface area contributed by atoms with E-state index in [0.29, 0.717) is 16.9 Å². The lowest BCUT2D eigenvalue weighted by atomic mass is 10.1. The average molecular weight is 394 g/mol. The number of hydrogen-bond acceptors (Lipinski definition) is 3. The molecule has 3 rings (SSSR count). The Morgan fingerprint density at radius 1 is 0.893 bits per heavy atom. The summed E-state index contributed by atoms with van der Waals surface area (Å²) in [5.41, 5.74) is 3.46. The highest BCUT2D eigenvalue weighted by Crippen LogP contribution is 2.25. The molecule has 3 aromatic rings. The number of para-hydroxylation sites is 2. The molecule has 0 aromatic heterocycles.